The average Bonchev–Trinajstić information content (AvgIpc) is 2.13. The molecule has 0 aliphatic heterocycles. The summed E-state index contributed by atoms with van der Waals surface area (Å²) in [5.41, 5.74) is 0. The number of hydrogen-bond acceptors (Lipinski definition) is 4. The van der Waals surface area contributed by atoms with Crippen LogP contribution >= 0.6 is 0 Å². The fourth-order valence-corrected chi connectivity index (χ4v) is 1.24. The Morgan fingerprint density at radius 3 is 2.40 bits per heavy atom. The van der Waals surface area contributed by atoms with Gasteiger partial charge in [0.05, 0.1) is 6.54 Å². The lowest BCUT2D eigenvalue weighted by Gasteiger charge is -2.21. The smallest absolute Gasteiger partial charge is 0.317 e. The third-order valence-corrected chi connectivity index (χ3v) is 2.05. The third kappa shape index (κ3) is 9.65. The van der Waals surface area contributed by atoms with E-state index in [0.717, 1.165) is 26.1 Å². The first-order valence-corrected chi connectivity index (χ1v) is 5.14. The van der Waals surface area contributed by atoms with Crippen LogP contribution in [0, 0.1) is 0 Å². The lowest BCUT2D eigenvalue weighted by molar-refractivity contribution is -0.138. The number of aliphatic carboxylic acids is 1. The Kier molecular flexibility index (Phi) is 8.27. The highest BCUT2D eigenvalue weighted by Gasteiger charge is 2.09. The Balaban J connectivity index is 3.78. The van der Waals surface area contributed by atoms with Crippen LogP contribution in [0.3, 0.4) is 0 Å². The first kappa shape index (κ1) is 14.3. The van der Waals surface area contributed by atoms with Crippen molar-refractivity contribution in [3.05, 3.63) is 0 Å². The van der Waals surface area contributed by atoms with E-state index in [2.05, 4.69) is 0 Å². The van der Waals surface area contributed by atoms with Crippen LogP contribution in [-0.2, 0) is 9.53 Å². The minimum Gasteiger partial charge on any atom is -0.480 e. The number of ether oxygens (including phenoxy) is 1. The minimum absolute atomic E-state index is 0.109. The van der Waals surface area contributed by atoms with Crippen LogP contribution in [0.4, 0.5) is 0 Å². The molecular weight excluding hydrogens is 196 g/mol. The molecule has 15 heavy (non-hydrogen) atoms. The van der Waals surface area contributed by atoms with E-state index in [1.807, 2.05) is 23.9 Å². The molecule has 0 aliphatic rings. The third-order valence-electron chi connectivity index (χ3n) is 2.05. The molecule has 0 heterocycles. The molecule has 0 saturated heterocycles. The summed E-state index contributed by atoms with van der Waals surface area (Å²) in [5, 5.41) is 8.72. The zero-order valence-corrected chi connectivity index (χ0v) is 9.90. The van der Waals surface area contributed by atoms with Gasteiger partial charge in [0.1, 0.15) is 0 Å². The summed E-state index contributed by atoms with van der Waals surface area (Å²) in [7, 11) is 5.61. The van der Waals surface area contributed by atoms with Gasteiger partial charge < -0.3 is 14.7 Å². The summed E-state index contributed by atoms with van der Waals surface area (Å²) in [6.45, 7) is 3.22. The molecule has 0 atom stereocenters. The van der Waals surface area contributed by atoms with E-state index in [1.165, 1.54) is 0 Å². The molecule has 0 fully saturated rings. The van der Waals surface area contributed by atoms with Crippen molar-refractivity contribution in [2.75, 3.05) is 54.0 Å². The maximum Gasteiger partial charge on any atom is 0.317 e. The Bertz CT molecular complexity index is 174. The quantitative estimate of drug-likeness (QED) is 0.551. The second kappa shape index (κ2) is 8.64. The predicted molar refractivity (Wildman–Crippen MR) is 59.1 cm³/mol. The molecule has 0 aliphatic carbocycles. The van der Waals surface area contributed by atoms with Gasteiger partial charge in [-0.3, -0.25) is 9.69 Å². The molecule has 90 valence electrons. The topological polar surface area (TPSA) is 53.0 Å². The van der Waals surface area contributed by atoms with E-state index in [-0.39, 0.29) is 6.54 Å². The van der Waals surface area contributed by atoms with Gasteiger partial charge in [0.15, 0.2) is 0 Å². The van der Waals surface area contributed by atoms with Crippen molar-refractivity contribution in [2.24, 2.45) is 0 Å². The average molecular weight is 218 g/mol. The molecule has 0 spiro atoms. The first-order valence-electron chi connectivity index (χ1n) is 5.14. The molecular formula is C10H22N2O3. The summed E-state index contributed by atoms with van der Waals surface area (Å²) in [6, 6.07) is 0. The fraction of sp³-hybridized carbons (Fsp3) is 0.900. The Morgan fingerprint density at radius 2 is 1.93 bits per heavy atom. The number of carboxylic acid groups (broad SMARTS) is 1. The number of carbonyl (C=O) groups is 1. The van der Waals surface area contributed by atoms with Gasteiger partial charge in [0, 0.05) is 33.4 Å². The van der Waals surface area contributed by atoms with Gasteiger partial charge in [0.2, 0.25) is 0 Å². The van der Waals surface area contributed by atoms with Crippen LogP contribution < -0.4 is 0 Å². The van der Waals surface area contributed by atoms with Crippen molar-refractivity contribution in [3.63, 3.8) is 0 Å². The van der Waals surface area contributed by atoms with Crippen LogP contribution in [0.2, 0.25) is 0 Å². The van der Waals surface area contributed by atoms with Gasteiger partial charge in [-0.25, -0.2) is 0 Å². The van der Waals surface area contributed by atoms with Crippen LogP contribution in [0.1, 0.15) is 6.42 Å². The van der Waals surface area contributed by atoms with E-state index < -0.39 is 5.97 Å². The van der Waals surface area contributed by atoms with Crippen molar-refractivity contribution in [3.8, 4) is 0 Å². The number of likely N-dealkylation sites (N-methyl/N-ethyl adjacent to an activating group) is 1. The van der Waals surface area contributed by atoms with E-state index in [9.17, 15) is 4.79 Å². The molecule has 0 rings (SSSR count). The number of hydrogen-bond donors (Lipinski definition) is 1. The molecule has 0 radical (unpaired) electrons. The maximum absolute atomic E-state index is 10.6. The number of methoxy groups -OCH3 is 1. The number of rotatable bonds is 9. The molecule has 0 unspecified atom stereocenters. The van der Waals surface area contributed by atoms with Gasteiger partial charge in [0.25, 0.3) is 0 Å². The summed E-state index contributed by atoms with van der Waals surface area (Å²) in [6.07, 6.45) is 0.872. The lowest BCUT2D eigenvalue weighted by Crippen LogP contribution is -2.36. The molecule has 0 aromatic rings. The summed E-state index contributed by atoms with van der Waals surface area (Å²) >= 11 is 0. The Hall–Kier alpha value is -0.650. The summed E-state index contributed by atoms with van der Waals surface area (Å²) < 4.78 is 4.94. The van der Waals surface area contributed by atoms with Crippen LogP contribution in [0.25, 0.3) is 0 Å². The highest BCUT2D eigenvalue weighted by molar-refractivity contribution is 5.69. The Morgan fingerprint density at radius 1 is 1.27 bits per heavy atom. The standard InChI is InChI=1S/C10H22N2O3/c1-11(2)6-7-12(9-10(13)14)5-4-8-15-3/h4-9H2,1-3H3,(H,13,14). The van der Waals surface area contributed by atoms with Crippen LogP contribution in [0.5, 0.6) is 0 Å². The molecule has 0 aromatic heterocycles. The summed E-state index contributed by atoms with van der Waals surface area (Å²) in [4.78, 5) is 14.6. The Labute approximate surface area is 91.6 Å². The molecule has 0 aromatic carbocycles. The zero-order valence-electron chi connectivity index (χ0n) is 9.90. The SMILES string of the molecule is COCCCN(CCN(C)C)CC(=O)O. The van der Waals surface area contributed by atoms with Crippen molar-refractivity contribution < 1.29 is 14.6 Å². The highest BCUT2D eigenvalue weighted by atomic mass is 16.5. The van der Waals surface area contributed by atoms with Crippen molar-refractivity contribution in [2.45, 2.75) is 6.42 Å². The predicted octanol–water partition coefficient (Wildman–Crippen LogP) is -0.0289. The maximum atomic E-state index is 10.6. The number of nitrogens with zero attached hydrogens (tertiary/aromatic N) is 2. The second-order valence-corrected chi connectivity index (χ2v) is 3.82. The van der Waals surface area contributed by atoms with Crippen LogP contribution in [-0.4, -0.2) is 74.9 Å². The zero-order chi connectivity index (χ0) is 11.7. The van der Waals surface area contributed by atoms with Gasteiger partial charge in [-0.1, -0.05) is 0 Å². The molecule has 0 bridgehead atoms. The molecule has 1 N–H and O–H groups in total. The largest absolute Gasteiger partial charge is 0.480 e. The molecule has 0 saturated carbocycles. The second-order valence-electron chi connectivity index (χ2n) is 3.82. The molecule has 0 amide bonds. The summed E-state index contributed by atoms with van der Waals surface area (Å²) in [5.74, 6) is -0.772. The highest BCUT2D eigenvalue weighted by Crippen LogP contribution is 1.93. The fourth-order valence-electron chi connectivity index (χ4n) is 1.24. The van der Waals surface area contributed by atoms with Crippen molar-refractivity contribution >= 4 is 5.97 Å². The van der Waals surface area contributed by atoms with Gasteiger partial charge in [-0.05, 0) is 20.5 Å². The number of carboxylic acids is 1. The lowest BCUT2D eigenvalue weighted by atomic mass is 10.3. The van der Waals surface area contributed by atoms with Crippen molar-refractivity contribution in [1.29, 1.82) is 0 Å². The van der Waals surface area contributed by atoms with Crippen molar-refractivity contribution in [1.82, 2.24) is 9.80 Å². The van der Waals surface area contributed by atoms with E-state index >= 15 is 0 Å². The van der Waals surface area contributed by atoms with Gasteiger partial charge in [-0.2, -0.15) is 0 Å². The molecule has 5 heteroatoms. The van der Waals surface area contributed by atoms with Crippen LogP contribution in [0.15, 0.2) is 0 Å². The van der Waals surface area contributed by atoms with E-state index in [4.69, 9.17) is 9.84 Å². The van der Waals surface area contributed by atoms with E-state index in [1.54, 1.807) is 7.11 Å². The monoisotopic (exact) mass is 218 g/mol. The van der Waals surface area contributed by atoms with Gasteiger partial charge >= 0.3 is 5.97 Å². The minimum atomic E-state index is -0.772. The normalized spacial score (nSPS) is 11.3. The van der Waals surface area contributed by atoms with Gasteiger partial charge in [-0.15, -0.1) is 0 Å². The molecule has 5 nitrogen and oxygen atoms in total. The van der Waals surface area contributed by atoms with E-state index in [0.29, 0.717) is 6.61 Å². The first-order chi connectivity index (χ1) is 7.06.